The maximum Gasteiger partial charge on any atom is 0.240 e. The molecule has 0 bridgehead atoms. The molecule has 0 amide bonds. The van der Waals surface area contributed by atoms with Gasteiger partial charge in [-0.3, -0.25) is 0 Å². The summed E-state index contributed by atoms with van der Waals surface area (Å²) < 4.78 is 22.2. The van der Waals surface area contributed by atoms with Crippen LogP contribution in [0.4, 0.5) is 0 Å². The van der Waals surface area contributed by atoms with E-state index in [0.717, 1.165) is 0 Å². The minimum atomic E-state index is -3.68. The highest BCUT2D eigenvalue weighted by Crippen LogP contribution is 2.27. The first-order valence-corrected chi connectivity index (χ1v) is 6.98. The predicted molar refractivity (Wildman–Crippen MR) is 59.7 cm³/mol. The molecule has 0 aromatic heterocycles. The van der Waals surface area contributed by atoms with Crippen molar-refractivity contribution in [3.8, 4) is 0 Å². The summed E-state index contributed by atoms with van der Waals surface area (Å²) in [4.78, 5) is 0. The van der Waals surface area contributed by atoms with Crippen molar-refractivity contribution in [3.63, 3.8) is 0 Å². The summed E-state index contributed by atoms with van der Waals surface area (Å²) in [6.07, 6.45) is 0. The van der Waals surface area contributed by atoms with Gasteiger partial charge in [0.1, 0.15) is 5.25 Å². The first-order valence-electron chi connectivity index (χ1n) is 3.70. The van der Waals surface area contributed by atoms with Crippen LogP contribution in [-0.2, 0) is 9.05 Å². The lowest BCUT2D eigenvalue weighted by atomic mass is 10.2. The summed E-state index contributed by atoms with van der Waals surface area (Å²) in [5, 5.41) is -0.350. The Hall–Kier alpha value is 0.0400. The van der Waals surface area contributed by atoms with E-state index in [1.54, 1.807) is 24.3 Å². The summed E-state index contributed by atoms with van der Waals surface area (Å²) in [5.74, 6) is -0.0759. The van der Waals surface area contributed by atoms with Gasteiger partial charge in [0.25, 0.3) is 0 Å². The van der Waals surface area contributed by atoms with E-state index in [1.807, 2.05) is 0 Å². The summed E-state index contributed by atoms with van der Waals surface area (Å²) in [6.45, 7) is 0. The Labute approximate surface area is 97.2 Å². The molecule has 6 heteroatoms. The molecule has 0 radical (unpaired) electrons. The lowest BCUT2D eigenvalue weighted by Gasteiger charge is -2.09. The van der Waals surface area contributed by atoms with E-state index in [-0.39, 0.29) is 5.88 Å². The molecule has 1 aromatic rings. The van der Waals surface area contributed by atoms with Crippen LogP contribution >= 0.6 is 33.9 Å². The van der Waals surface area contributed by atoms with Crippen molar-refractivity contribution in [2.75, 3.05) is 5.88 Å². The van der Waals surface area contributed by atoms with E-state index in [1.165, 1.54) is 0 Å². The van der Waals surface area contributed by atoms with Gasteiger partial charge >= 0.3 is 0 Å². The van der Waals surface area contributed by atoms with E-state index in [2.05, 4.69) is 0 Å². The van der Waals surface area contributed by atoms with E-state index in [4.69, 9.17) is 33.9 Å². The molecule has 0 spiro atoms. The van der Waals surface area contributed by atoms with Crippen LogP contribution in [0.15, 0.2) is 24.3 Å². The van der Waals surface area contributed by atoms with Crippen molar-refractivity contribution in [2.24, 2.45) is 0 Å². The van der Waals surface area contributed by atoms with Crippen LogP contribution in [0.2, 0.25) is 5.02 Å². The molecule has 0 aliphatic rings. The third-order valence-corrected chi connectivity index (χ3v) is 4.23. The molecule has 0 saturated heterocycles. The second-order valence-electron chi connectivity index (χ2n) is 2.67. The van der Waals surface area contributed by atoms with Crippen molar-refractivity contribution in [1.82, 2.24) is 0 Å². The van der Waals surface area contributed by atoms with E-state index in [0.29, 0.717) is 10.6 Å². The molecule has 0 N–H and O–H groups in total. The average Bonchev–Trinajstić information content (AvgIpc) is 2.07. The van der Waals surface area contributed by atoms with Crippen LogP contribution in [0.1, 0.15) is 10.8 Å². The number of benzene rings is 1. The van der Waals surface area contributed by atoms with Gasteiger partial charge in [0, 0.05) is 21.6 Å². The number of hydrogen-bond donors (Lipinski definition) is 0. The molecule has 1 atom stereocenters. The Morgan fingerprint density at radius 2 is 1.71 bits per heavy atom. The maximum absolute atomic E-state index is 11.1. The zero-order chi connectivity index (χ0) is 10.8. The first-order chi connectivity index (χ1) is 6.45. The molecule has 14 heavy (non-hydrogen) atoms. The van der Waals surface area contributed by atoms with Crippen LogP contribution in [0, 0.1) is 0 Å². The van der Waals surface area contributed by atoms with Crippen LogP contribution in [0.5, 0.6) is 0 Å². The fourth-order valence-corrected chi connectivity index (χ4v) is 3.13. The van der Waals surface area contributed by atoms with Gasteiger partial charge in [-0.2, -0.15) is 0 Å². The van der Waals surface area contributed by atoms with Gasteiger partial charge in [0.2, 0.25) is 9.05 Å². The zero-order valence-electron chi connectivity index (χ0n) is 6.95. The van der Waals surface area contributed by atoms with Crippen LogP contribution < -0.4 is 0 Å². The third-order valence-electron chi connectivity index (χ3n) is 1.72. The quantitative estimate of drug-likeness (QED) is 0.626. The summed E-state index contributed by atoms with van der Waals surface area (Å²) in [7, 11) is 1.54. The van der Waals surface area contributed by atoms with Gasteiger partial charge in [-0.05, 0) is 17.7 Å². The van der Waals surface area contributed by atoms with Crippen LogP contribution in [-0.4, -0.2) is 14.3 Å². The van der Waals surface area contributed by atoms with Crippen molar-refractivity contribution in [2.45, 2.75) is 5.25 Å². The molecule has 2 nitrogen and oxygen atoms in total. The summed E-state index contributed by atoms with van der Waals surface area (Å²) in [5.41, 5.74) is 0.541. The van der Waals surface area contributed by atoms with Gasteiger partial charge in [-0.25, -0.2) is 8.42 Å². The van der Waals surface area contributed by atoms with Crippen molar-refractivity contribution in [1.29, 1.82) is 0 Å². The molecule has 0 aliphatic carbocycles. The van der Waals surface area contributed by atoms with Gasteiger partial charge in [0.15, 0.2) is 0 Å². The second kappa shape index (κ2) is 4.71. The molecule has 1 aromatic carbocycles. The highest BCUT2D eigenvalue weighted by Gasteiger charge is 2.23. The highest BCUT2D eigenvalue weighted by atomic mass is 35.7. The van der Waals surface area contributed by atoms with Gasteiger partial charge in [-0.15, -0.1) is 11.6 Å². The molecule has 1 unspecified atom stereocenters. The zero-order valence-corrected chi connectivity index (χ0v) is 10.0. The molecule has 0 saturated carbocycles. The van der Waals surface area contributed by atoms with E-state index >= 15 is 0 Å². The average molecular weight is 274 g/mol. The van der Waals surface area contributed by atoms with Crippen LogP contribution in [0.25, 0.3) is 0 Å². The Balaban J connectivity index is 3.08. The van der Waals surface area contributed by atoms with Crippen LogP contribution in [0.3, 0.4) is 0 Å². The second-order valence-corrected chi connectivity index (χ2v) is 6.23. The van der Waals surface area contributed by atoms with Crippen molar-refractivity contribution < 1.29 is 8.42 Å². The first kappa shape index (κ1) is 12.1. The van der Waals surface area contributed by atoms with Gasteiger partial charge < -0.3 is 0 Å². The molecule has 0 aliphatic heterocycles. The predicted octanol–water partition coefficient (Wildman–Crippen LogP) is 3.19. The molecule has 78 valence electrons. The lowest BCUT2D eigenvalue weighted by molar-refractivity contribution is 0.601. The molecule has 1 rings (SSSR count). The Kier molecular flexibility index (Phi) is 4.07. The van der Waals surface area contributed by atoms with E-state index < -0.39 is 14.3 Å². The molecule has 0 heterocycles. The Morgan fingerprint density at radius 1 is 1.21 bits per heavy atom. The van der Waals surface area contributed by atoms with Crippen molar-refractivity contribution >= 4 is 42.9 Å². The van der Waals surface area contributed by atoms with Gasteiger partial charge in [0.05, 0.1) is 0 Å². The Morgan fingerprint density at radius 3 is 2.07 bits per heavy atom. The Bertz CT molecular complexity index is 399. The van der Waals surface area contributed by atoms with Gasteiger partial charge in [-0.1, -0.05) is 23.7 Å². The molecule has 0 fully saturated rings. The number of hydrogen-bond acceptors (Lipinski definition) is 2. The fraction of sp³-hybridized carbons (Fsp3) is 0.250. The fourth-order valence-electron chi connectivity index (χ4n) is 1.00. The molecular formula is C8H7Cl3O2S. The topological polar surface area (TPSA) is 34.1 Å². The van der Waals surface area contributed by atoms with Crippen molar-refractivity contribution in [3.05, 3.63) is 34.9 Å². The largest absolute Gasteiger partial charge is 0.240 e. The third kappa shape index (κ3) is 3.02. The summed E-state index contributed by atoms with van der Waals surface area (Å²) in [6, 6.07) is 6.38. The lowest BCUT2D eigenvalue weighted by Crippen LogP contribution is -2.08. The smallest absolute Gasteiger partial charge is 0.212 e. The number of alkyl halides is 1. The minimum absolute atomic E-state index is 0.0759. The SMILES string of the molecule is O=S(=O)(Cl)C(CCl)c1ccc(Cl)cc1. The van der Waals surface area contributed by atoms with E-state index in [9.17, 15) is 8.42 Å². The summed E-state index contributed by atoms with van der Waals surface area (Å²) >= 11 is 11.2. The normalized spacial score (nSPS) is 13.9. The monoisotopic (exact) mass is 272 g/mol. The standard InChI is InChI=1S/C8H7Cl3O2S/c9-5-8(14(11,12)13)6-1-3-7(10)4-2-6/h1-4,8H,5H2. The maximum atomic E-state index is 11.1. The number of halogens is 3. The highest BCUT2D eigenvalue weighted by molar-refractivity contribution is 8.14. The number of rotatable bonds is 3. The minimum Gasteiger partial charge on any atom is -0.212 e. The molecular weight excluding hydrogens is 267 g/mol.